The molecule has 0 aliphatic carbocycles. The first-order valence-electron chi connectivity index (χ1n) is 14.7. The fourth-order valence-corrected chi connectivity index (χ4v) is 5.59. The first kappa shape index (κ1) is 28.9. The molecular formula is C32H36F2N6O3. The van der Waals surface area contributed by atoms with Crippen LogP contribution >= 0.6 is 0 Å². The number of ether oxygens (including phenoxy) is 2. The highest BCUT2D eigenvalue weighted by Crippen LogP contribution is 2.31. The van der Waals surface area contributed by atoms with Crippen molar-refractivity contribution in [1.29, 1.82) is 0 Å². The first-order valence-corrected chi connectivity index (χ1v) is 14.7. The number of anilines is 3. The van der Waals surface area contributed by atoms with Gasteiger partial charge in [0.15, 0.2) is 5.82 Å². The van der Waals surface area contributed by atoms with Crippen LogP contribution in [0.1, 0.15) is 41.8 Å². The van der Waals surface area contributed by atoms with E-state index in [0.717, 1.165) is 56.5 Å². The molecule has 2 aliphatic rings. The predicted octanol–water partition coefficient (Wildman–Crippen LogP) is 5.58. The van der Waals surface area contributed by atoms with Gasteiger partial charge in [0, 0.05) is 68.3 Å². The second-order valence-corrected chi connectivity index (χ2v) is 11.2. The fourth-order valence-electron chi connectivity index (χ4n) is 5.59. The van der Waals surface area contributed by atoms with Gasteiger partial charge in [-0.05, 0) is 80.9 Å². The Balaban J connectivity index is 1.23. The second kappa shape index (κ2) is 12.6. The Kier molecular flexibility index (Phi) is 8.44. The molecule has 1 aromatic heterocycles. The summed E-state index contributed by atoms with van der Waals surface area (Å²) in [7, 11) is 2.13. The lowest BCUT2D eigenvalue weighted by Gasteiger charge is -2.34. The number of fused-ring (bicyclic) bond motifs is 1. The van der Waals surface area contributed by atoms with E-state index in [1.54, 1.807) is 25.1 Å². The number of H-pyrrole nitrogens is 1. The molecule has 3 aromatic carbocycles. The van der Waals surface area contributed by atoms with Crippen LogP contribution < -0.4 is 20.3 Å². The predicted molar refractivity (Wildman–Crippen MR) is 163 cm³/mol. The minimum atomic E-state index is -0.664. The number of carbonyl (C=O) groups excluding carboxylic acids is 1. The SMILES string of the molecule is C[C@H](Oc1ccc2[nH]nc(NC(=O)c3ccc(N4CCN(C)CC4)cc3NC3CCOCC3)c2c1)c1cc(F)cc(F)c1. The van der Waals surface area contributed by atoms with Crippen molar-refractivity contribution in [1.82, 2.24) is 15.1 Å². The summed E-state index contributed by atoms with van der Waals surface area (Å²) in [5.74, 6) is -0.788. The maximum Gasteiger partial charge on any atom is 0.258 e. The van der Waals surface area contributed by atoms with E-state index in [9.17, 15) is 13.6 Å². The number of nitrogens with one attached hydrogen (secondary N) is 3. The van der Waals surface area contributed by atoms with Crippen LogP contribution in [0.25, 0.3) is 10.9 Å². The fraction of sp³-hybridized carbons (Fsp3) is 0.375. The van der Waals surface area contributed by atoms with E-state index < -0.39 is 17.7 Å². The Labute approximate surface area is 249 Å². The van der Waals surface area contributed by atoms with Gasteiger partial charge in [0.2, 0.25) is 0 Å². The van der Waals surface area contributed by atoms with Gasteiger partial charge >= 0.3 is 0 Å². The largest absolute Gasteiger partial charge is 0.486 e. The maximum atomic E-state index is 13.7. The lowest BCUT2D eigenvalue weighted by molar-refractivity contribution is 0.0904. The number of carbonyl (C=O) groups is 1. The van der Waals surface area contributed by atoms with Gasteiger partial charge in [-0.25, -0.2) is 8.78 Å². The highest BCUT2D eigenvalue weighted by molar-refractivity contribution is 6.11. The Morgan fingerprint density at radius 3 is 2.51 bits per heavy atom. The van der Waals surface area contributed by atoms with Gasteiger partial charge in [-0.15, -0.1) is 0 Å². The smallest absolute Gasteiger partial charge is 0.258 e. The van der Waals surface area contributed by atoms with E-state index in [1.165, 1.54) is 12.1 Å². The van der Waals surface area contributed by atoms with Crippen molar-refractivity contribution in [2.45, 2.75) is 31.9 Å². The summed E-state index contributed by atoms with van der Waals surface area (Å²) in [6.45, 7) is 6.92. The summed E-state index contributed by atoms with van der Waals surface area (Å²) in [6.07, 6.45) is 1.13. The van der Waals surface area contributed by atoms with Gasteiger partial charge in [-0.2, -0.15) is 5.10 Å². The van der Waals surface area contributed by atoms with Crippen molar-refractivity contribution >= 4 is 34.0 Å². The highest BCUT2D eigenvalue weighted by atomic mass is 19.1. The number of piperazine rings is 1. The molecule has 0 bridgehead atoms. The molecule has 3 heterocycles. The molecule has 4 aromatic rings. The van der Waals surface area contributed by atoms with Crippen LogP contribution in [0.3, 0.4) is 0 Å². The summed E-state index contributed by atoms with van der Waals surface area (Å²) in [6, 6.07) is 14.7. The Bertz CT molecular complexity index is 1580. The van der Waals surface area contributed by atoms with Crippen LogP contribution in [0.2, 0.25) is 0 Å². The third kappa shape index (κ3) is 6.73. The molecule has 43 heavy (non-hydrogen) atoms. The molecule has 1 atom stereocenters. The van der Waals surface area contributed by atoms with Crippen LogP contribution in [0, 0.1) is 11.6 Å². The van der Waals surface area contributed by atoms with E-state index in [2.05, 4.69) is 43.7 Å². The molecule has 6 rings (SSSR count). The molecule has 9 nitrogen and oxygen atoms in total. The molecule has 3 N–H and O–H groups in total. The zero-order chi connectivity index (χ0) is 29.9. The number of hydrogen-bond donors (Lipinski definition) is 3. The van der Waals surface area contributed by atoms with Gasteiger partial charge in [-0.3, -0.25) is 9.89 Å². The van der Waals surface area contributed by atoms with Gasteiger partial charge in [0.05, 0.1) is 11.1 Å². The standard InChI is InChI=1S/C32H36F2N6O3/c1-20(21-15-22(33)17-23(34)16-21)43-26-4-6-29-28(19-26)31(38-37-29)36-32(41)27-5-3-25(40-11-9-39(2)10-12-40)18-30(27)35-24-7-13-42-14-8-24/h3-6,15-20,24,35H,7-14H2,1-2H3,(H2,36,37,38,41)/t20-/m0/s1. The highest BCUT2D eigenvalue weighted by Gasteiger charge is 2.22. The van der Waals surface area contributed by atoms with Crippen LogP contribution in [0.4, 0.5) is 26.0 Å². The molecule has 2 aliphatic heterocycles. The van der Waals surface area contributed by atoms with Crippen LogP contribution in [0.5, 0.6) is 5.75 Å². The van der Waals surface area contributed by atoms with E-state index in [0.29, 0.717) is 46.8 Å². The number of nitrogens with zero attached hydrogens (tertiary/aromatic N) is 3. The van der Waals surface area contributed by atoms with Gasteiger partial charge in [-0.1, -0.05) is 0 Å². The number of rotatable bonds is 8. The lowest BCUT2D eigenvalue weighted by Crippen LogP contribution is -2.44. The zero-order valence-electron chi connectivity index (χ0n) is 24.3. The number of likely N-dealkylation sites (N-methyl/N-ethyl adjacent to an activating group) is 1. The van der Waals surface area contributed by atoms with Crippen LogP contribution in [0.15, 0.2) is 54.6 Å². The van der Waals surface area contributed by atoms with Crippen molar-refractivity contribution in [3.05, 3.63) is 77.4 Å². The Morgan fingerprint density at radius 2 is 1.77 bits per heavy atom. The number of benzene rings is 3. The second-order valence-electron chi connectivity index (χ2n) is 11.2. The number of aromatic nitrogens is 2. The van der Waals surface area contributed by atoms with Crippen LogP contribution in [-0.4, -0.2) is 73.5 Å². The molecule has 2 fully saturated rings. The summed E-state index contributed by atoms with van der Waals surface area (Å²) in [5.41, 5.74) is 3.47. The summed E-state index contributed by atoms with van der Waals surface area (Å²) < 4.78 is 39.0. The van der Waals surface area contributed by atoms with E-state index >= 15 is 0 Å². The van der Waals surface area contributed by atoms with Crippen LogP contribution in [-0.2, 0) is 4.74 Å². The van der Waals surface area contributed by atoms with Crippen molar-refractivity contribution in [3.8, 4) is 5.75 Å². The molecule has 1 amide bonds. The van der Waals surface area contributed by atoms with E-state index in [1.807, 2.05) is 12.1 Å². The van der Waals surface area contributed by atoms with Gasteiger partial charge < -0.3 is 29.9 Å². The molecule has 0 unspecified atom stereocenters. The number of aromatic amines is 1. The molecule has 0 radical (unpaired) electrons. The molecule has 0 spiro atoms. The third-order valence-electron chi connectivity index (χ3n) is 8.13. The average molecular weight is 591 g/mol. The maximum absolute atomic E-state index is 13.7. The van der Waals surface area contributed by atoms with Gasteiger partial charge in [0.25, 0.3) is 5.91 Å². The summed E-state index contributed by atoms with van der Waals surface area (Å²) in [4.78, 5) is 18.4. The Hall–Kier alpha value is -4.22. The molecular weight excluding hydrogens is 554 g/mol. The van der Waals surface area contributed by atoms with Crippen molar-refractivity contribution < 1.29 is 23.0 Å². The normalized spacial score (nSPS) is 17.2. The molecule has 0 saturated carbocycles. The van der Waals surface area contributed by atoms with Crippen molar-refractivity contribution in [2.75, 3.05) is 62.0 Å². The van der Waals surface area contributed by atoms with E-state index in [4.69, 9.17) is 9.47 Å². The third-order valence-corrected chi connectivity index (χ3v) is 8.13. The number of amides is 1. The Morgan fingerprint density at radius 1 is 1.02 bits per heavy atom. The topological polar surface area (TPSA) is 94.7 Å². The molecule has 11 heteroatoms. The quantitative estimate of drug-likeness (QED) is 0.247. The average Bonchev–Trinajstić information content (AvgIpc) is 3.39. The number of halogens is 2. The summed E-state index contributed by atoms with van der Waals surface area (Å²) in [5, 5.41) is 14.5. The lowest BCUT2D eigenvalue weighted by atomic mass is 10.1. The minimum absolute atomic E-state index is 0.211. The van der Waals surface area contributed by atoms with E-state index in [-0.39, 0.29) is 11.9 Å². The monoisotopic (exact) mass is 590 g/mol. The summed E-state index contributed by atoms with van der Waals surface area (Å²) >= 11 is 0. The minimum Gasteiger partial charge on any atom is -0.486 e. The first-order chi connectivity index (χ1) is 20.8. The zero-order valence-corrected chi connectivity index (χ0v) is 24.3. The van der Waals surface area contributed by atoms with Crippen molar-refractivity contribution in [3.63, 3.8) is 0 Å². The molecule has 2 saturated heterocycles. The van der Waals surface area contributed by atoms with Crippen molar-refractivity contribution in [2.24, 2.45) is 0 Å². The number of hydrogen-bond acceptors (Lipinski definition) is 7. The molecule has 226 valence electrons. The van der Waals surface area contributed by atoms with Gasteiger partial charge in [0.1, 0.15) is 23.5 Å².